The first-order valence-corrected chi connectivity index (χ1v) is 6.52. The molecular formula is C10H13ClN2O2S. The van der Waals surface area contributed by atoms with Crippen LogP contribution in [0.5, 0.6) is 0 Å². The van der Waals surface area contributed by atoms with Gasteiger partial charge in [-0.3, -0.25) is 0 Å². The molecule has 1 aliphatic rings. The van der Waals surface area contributed by atoms with Crippen LogP contribution >= 0.6 is 23.4 Å². The number of hydrogen-bond donors (Lipinski definition) is 1. The van der Waals surface area contributed by atoms with Crippen molar-refractivity contribution in [3.8, 4) is 0 Å². The van der Waals surface area contributed by atoms with Crippen molar-refractivity contribution < 1.29 is 9.84 Å². The van der Waals surface area contributed by atoms with Gasteiger partial charge in [-0.25, -0.2) is 9.97 Å². The summed E-state index contributed by atoms with van der Waals surface area (Å²) in [5.41, 5.74) is 0.604. The van der Waals surface area contributed by atoms with Crippen molar-refractivity contribution in [1.29, 1.82) is 0 Å². The van der Waals surface area contributed by atoms with Crippen LogP contribution in [0.2, 0.25) is 5.15 Å². The Morgan fingerprint density at radius 1 is 1.56 bits per heavy atom. The predicted molar refractivity (Wildman–Crippen MR) is 62.7 cm³/mol. The molecule has 6 heteroatoms. The number of halogens is 1. The van der Waals surface area contributed by atoms with Crippen LogP contribution in [0.4, 0.5) is 0 Å². The maximum Gasteiger partial charge on any atom is 0.139 e. The van der Waals surface area contributed by atoms with Crippen LogP contribution in [0, 0.1) is 0 Å². The first-order chi connectivity index (χ1) is 7.81. The second kappa shape index (κ2) is 5.82. The Morgan fingerprint density at radius 3 is 3.12 bits per heavy atom. The van der Waals surface area contributed by atoms with Crippen LogP contribution in [0.25, 0.3) is 0 Å². The molecule has 0 aliphatic carbocycles. The van der Waals surface area contributed by atoms with E-state index in [0.717, 1.165) is 30.2 Å². The maximum absolute atomic E-state index is 9.18. The number of nitrogens with zero attached hydrogens (tertiary/aromatic N) is 2. The quantitative estimate of drug-likeness (QED) is 0.662. The topological polar surface area (TPSA) is 55.2 Å². The monoisotopic (exact) mass is 260 g/mol. The number of hydrogen-bond acceptors (Lipinski definition) is 5. The molecule has 1 aliphatic heterocycles. The molecule has 1 aromatic rings. The van der Waals surface area contributed by atoms with E-state index in [-0.39, 0.29) is 6.61 Å². The Balaban J connectivity index is 2.00. The van der Waals surface area contributed by atoms with Gasteiger partial charge >= 0.3 is 0 Å². The molecule has 1 atom stereocenters. The summed E-state index contributed by atoms with van der Waals surface area (Å²) in [6.45, 7) is 0.718. The minimum Gasteiger partial charge on any atom is -0.391 e. The first-order valence-electron chi connectivity index (χ1n) is 5.16. The molecule has 2 rings (SSSR count). The molecule has 0 saturated carbocycles. The smallest absolute Gasteiger partial charge is 0.139 e. The number of aliphatic hydroxyl groups excluding tert-OH is 1. The average molecular weight is 261 g/mol. The standard InChI is InChI=1S/C10H13ClN2O2S/c11-9-8(4-14)10(13-6-12-9)16-5-7-2-1-3-15-7/h6-7,14H,1-5H2. The van der Waals surface area contributed by atoms with Gasteiger partial charge in [-0.2, -0.15) is 0 Å². The van der Waals surface area contributed by atoms with Gasteiger partial charge < -0.3 is 9.84 Å². The molecule has 1 unspecified atom stereocenters. The maximum atomic E-state index is 9.18. The molecule has 1 N–H and O–H groups in total. The second-order valence-corrected chi connectivity index (χ2v) is 4.92. The van der Waals surface area contributed by atoms with Crippen molar-refractivity contribution in [3.63, 3.8) is 0 Å². The minimum atomic E-state index is -0.131. The molecular weight excluding hydrogens is 248 g/mol. The van der Waals surface area contributed by atoms with Crippen LogP contribution in [0.1, 0.15) is 18.4 Å². The Hall–Kier alpha value is -0.360. The Morgan fingerprint density at radius 2 is 2.44 bits per heavy atom. The van der Waals surface area contributed by atoms with Crippen LogP contribution in [0.15, 0.2) is 11.4 Å². The lowest BCUT2D eigenvalue weighted by Gasteiger charge is -2.10. The van der Waals surface area contributed by atoms with E-state index in [2.05, 4.69) is 9.97 Å². The van der Waals surface area contributed by atoms with Crippen molar-refractivity contribution >= 4 is 23.4 Å². The molecule has 16 heavy (non-hydrogen) atoms. The molecule has 0 radical (unpaired) electrons. The number of rotatable bonds is 4. The highest BCUT2D eigenvalue weighted by Gasteiger charge is 2.17. The SMILES string of the molecule is OCc1c(Cl)ncnc1SCC1CCCO1. The second-order valence-electron chi connectivity index (χ2n) is 3.55. The highest BCUT2D eigenvalue weighted by molar-refractivity contribution is 7.99. The Labute approximate surface area is 103 Å². The summed E-state index contributed by atoms with van der Waals surface area (Å²) in [5, 5.41) is 10.3. The fraction of sp³-hybridized carbons (Fsp3) is 0.600. The summed E-state index contributed by atoms with van der Waals surface area (Å²) in [4.78, 5) is 7.96. The van der Waals surface area contributed by atoms with Crippen LogP contribution in [0.3, 0.4) is 0 Å². The number of aromatic nitrogens is 2. The molecule has 1 fully saturated rings. The van der Waals surface area contributed by atoms with Gasteiger partial charge in [0.2, 0.25) is 0 Å². The van der Waals surface area contributed by atoms with Crippen molar-refractivity contribution in [3.05, 3.63) is 17.0 Å². The van der Waals surface area contributed by atoms with Crippen molar-refractivity contribution in [2.45, 2.75) is 30.6 Å². The third-order valence-electron chi connectivity index (χ3n) is 2.44. The van der Waals surface area contributed by atoms with E-state index in [1.807, 2.05) is 0 Å². The van der Waals surface area contributed by atoms with E-state index in [1.165, 1.54) is 6.33 Å². The lowest BCUT2D eigenvalue weighted by molar-refractivity contribution is 0.129. The van der Waals surface area contributed by atoms with Gasteiger partial charge in [0.05, 0.1) is 12.7 Å². The summed E-state index contributed by atoms with van der Waals surface area (Å²) in [6.07, 6.45) is 3.94. The molecule has 0 amide bonds. The zero-order valence-corrected chi connectivity index (χ0v) is 10.3. The zero-order chi connectivity index (χ0) is 11.4. The highest BCUT2D eigenvalue weighted by atomic mass is 35.5. The summed E-state index contributed by atoms with van der Waals surface area (Å²) < 4.78 is 5.52. The fourth-order valence-electron chi connectivity index (χ4n) is 1.58. The summed E-state index contributed by atoms with van der Waals surface area (Å²) in [7, 11) is 0. The van der Waals surface area contributed by atoms with Crippen LogP contribution < -0.4 is 0 Å². The predicted octanol–water partition coefficient (Wildman–Crippen LogP) is 1.89. The van der Waals surface area contributed by atoms with E-state index in [9.17, 15) is 5.11 Å². The summed E-state index contributed by atoms with van der Waals surface area (Å²) in [5.74, 6) is 0.848. The van der Waals surface area contributed by atoms with Gasteiger partial charge in [0.15, 0.2) is 0 Å². The third-order valence-corrected chi connectivity index (χ3v) is 3.93. The van der Waals surface area contributed by atoms with E-state index >= 15 is 0 Å². The molecule has 0 spiro atoms. The fourth-order valence-corrected chi connectivity index (χ4v) is 2.89. The molecule has 4 nitrogen and oxygen atoms in total. The lowest BCUT2D eigenvalue weighted by Crippen LogP contribution is -2.08. The minimum absolute atomic E-state index is 0.131. The summed E-state index contributed by atoms with van der Waals surface area (Å²) >= 11 is 7.43. The Bertz CT molecular complexity index is 359. The molecule has 2 heterocycles. The number of thioether (sulfide) groups is 1. The molecule has 1 aromatic heterocycles. The van der Waals surface area contributed by atoms with E-state index in [1.54, 1.807) is 11.8 Å². The molecule has 88 valence electrons. The van der Waals surface area contributed by atoms with Gasteiger partial charge in [0.25, 0.3) is 0 Å². The van der Waals surface area contributed by atoms with E-state index in [4.69, 9.17) is 16.3 Å². The third kappa shape index (κ3) is 2.85. The number of ether oxygens (including phenoxy) is 1. The lowest BCUT2D eigenvalue weighted by atomic mass is 10.3. The van der Waals surface area contributed by atoms with Crippen LogP contribution in [-0.2, 0) is 11.3 Å². The number of aliphatic hydroxyl groups is 1. The molecule has 0 bridgehead atoms. The summed E-state index contributed by atoms with van der Waals surface area (Å²) in [6, 6.07) is 0. The van der Waals surface area contributed by atoms with Crippen molar-refractivity contribution in [2.24, 2.45) is 0 Å². The normalized spacial score (nSPS) is 20.2. The van der Waals surface area contributed by atoms with E-state index in [0.29, 0.717) is 16.8 Å². The Kier molecular flexibility index (Phi) is 4.40. The van der Waals surface area contributed by atoms with Gasteiger partial charge in [0.1, 0.15) is 16.5 Å². The first kappa shape index (κ1) is 12.1. The van der Waals surface area contributed by atoms with Gasteiger partial charge in [-0.1, -0.05) is 11.6 Å². The molecule has 0 aromatic carbocycles. The average Bonchev–Trinajstić information content (AvgIpc) is 2.79. The van der Waals surface area contributed by atoms with Gasteiger partial charge in [0, 0.05) is 17.9 Å². The van der Waals surface area contributed by atoms with Gasteiger partial charge in [-0.05, 0) is 12.8 Å². The van der Waals surface area contributed by atoms with Crippen LogP contribution in [-0.4, -0.2) is 33.5 Å². The zero-order valence-electron chi connectivity index (χ0n) is 8.73. The van der Waals surface area contributed by atoms with Gasteiger partial charge in [-0.15, -0.1) is 11.8 Å². The highest BCUT2D eigenvalue weighted by Crippen LogP contribution is 2.27. The van der Waals surface area contributed by atoms with Crippen molar-refractivity contribution in [1.82, 2.24) is 9.97 Å². The largest absolute Gasteiger partial charge is 0.391 e. The molecule has 1 saturated heterocycles. The van der Waals surface area contributed by atoms with Crippen molar-refractivity contribution in [2.75, 3.05) is 12.4 Å². The van der Waals surface area contributed by atoms with E-state index < -0.39 is 0 Å².